The Hall–Kier alpha value is -1.13. The zero-order valence-corrected chi connectivity index (χ0v) is 10.7. The van der Waals surface area contributed by atoms with Gasteiger partial charge in [0.25, 0.3) is 0 Å². The molecule has 0 saturated heterocycles. The maximum Gasteiger partial charge on any atom is 0.213 e. The molecule has 1 rings (SSSR count). The van der Waals surface area contributed by atoms with Crippen LogP contribution in [-0.2, 0) is 17.7 Å². The van der Waals surface area contributed by atoms with Gasteiger partial charge in [0.1, 0.15) is 6.61 Å². The van der Waals surface area contributed by atoms with Crippen molar-refractivity contribution >= 4 is 0 Å². The number of aromatic nitrogens is 1. The maximum absolute atomic E-state index is 5.63. The number of nitrogens with two attached hydrogens (primary N) is 1. The largest absolute Gasteiger partial charge is 0.475 e. The normalized spacial score (nSPS) is 10.5. The molecule has 2 N–H and O–H groups in total. The van der Waals surface area contributed by atoms with Gasteiger partial charge in [-0.25, -0.2) is 4.98 Å². The van der Waals surface area contributed by atoms with E-state index < -0.39 is 0 Å². The molecule has 0 aliphatic heterocycles. The van der Waals surface area contributed by atoms with E-state index in [1.54, 1.807) is 0 Å². The van der Waals surface area contributed by atoms with Crippen LogP contribution >= 0.6 is 0 Å². The van der Waals surface area contributed by atoms with Crippen LogP contribution in [0.2, 0.25) is 0 Å². The van der Waals surface area contributed by atoms with E-state index in [2.05, 4.69) is 18.8 Å². The topological polar surface area (TPSA) is 57.4 Å². The Morgan fingerprint density at radius 3 is 2.65 bits per heavy atom. The van der Waals surface area contributed by atoms with Crippen molar-refractivity contribution in [2.24, 2.45) is 5.73 Å². The summed E-state index contributed by atoms with van der Waals surface area (Å²) in [5, 5.41) is 0. The van der Waals surface area contributed by atoms with Gasteiger partial charge in [-0.1, -0.05) is 13.8 Å². The van der Waals surface area contributed by atoms with E-state index in [1.165, 1.54) is 0 Å². The molecule has 0 radical (unpaired) electrons. The highest BCUT2D eigenvalue weighted by Crippen LogP contribution is 2.12. The molecule has 0 aromatic carbocycles. The van der Waals surface area contributed by atoms with E-state index in [4.69, 9.17) is 15.2 Å². The summed E-state index contributed by atoms with van der Waals surface area (Å²) in [5.74, 6) is 0.643. The average molecular weight is 238 g/mol. The zero-order valence-electron chi connectivity index (χ0n) is 10.7. The minimum absolute atomic E-state index is 0.512. The number of ether oxygens (including phenoxy) is 2. The molecular formula is C13H22N2O2. The van der Waals surface area contributed by atoms with Gasteiger partial charge in [-0.3, -0.25) is 0 Å². The van der Waals surface area contributed by atoms with Gasteiger partial charge >= 0.3 is 0 Å². The second-order valence-electron chi connectivity index (χ2n) is 3.82. The fraction of sp³-hybridized carbons (Fsp3) is 0.615. The first-order chi connectivity index (χ1) is 8.30. The number of rotatable bonds is 8. The van der Waals surface area contributed by atoms with Crippen LogP contribution < -0.4 is 10.5 Å². The van der Waals surface area contributed by atoms with Gasteiger partial charge in [-0.15, -0.1) is 0 Å². The Balaban J connectivity index is 2.46. The Labute approximate surface area is 103 Å². The molecule has 0 amide bonds. The van der Waals surface area contributed by atoms with Gasteiger partial charge in [-0.2, -0.15) is 0 Å². The minimum atomic E-state index is 0.512. The molecule has 4 nitrogen and oxygen atoms in total. The summed E-state index contributed by atoms with van der Waals surface area (Å²) in [4.78, 5) is 4.38. The van der Waals surface area contributed by atoms with Gasteiger partial charge in [0.2, 0.25) is 5.88 Å². The van der Waals surface area contributed by atoms with Crippen molar-refractivity contribution in [2.75, 3.05) is 19.8 Å². The third kappa shape index (κ3) is 5.15. The van der Waals surface area contributed by atoms with Crippen LogP contribution in [0.3, 0.4) is 0 Å². The molecule has 1 aromatic rings. The molecule has 0 bridgehead atoms. The van der Waals surface area contributed by atoms with E-state index in [0.29, 0.717) is 25.6 Å². The van der Waals surface area contributed by atoms with Gasteiger partial charge in [0.05, 0.1) is 6.61 Å². The number of pyridine rings is 1. The second-order valence-corrected chi connectivity index (χ2v) is 3.82. The van der Waals surface area contributed by atoms with Crippen LogP contribution in [0.1, 0.15) is 31.5 Å². The molecule has 0 unspecified atom stereocenters. The molecule has 0 aliphatic rings. The summed E-state index contributed by atoms with van der Waals surface area (Å²) in [6.45, 7) is 6.57. The highest BCUT2D eigenvalue weighted by atomic mass is 16.5. The number of hydrogen-bond acceptors (Lipinski definition) is 4. The first-order valence-electron chi connectivity index (χ1n) is 6.20. The van der Waals surface area contributed by atoms with Gasteiger partial charge in [0, 0.05) is 24.9 Å². The summed E-state index contributed by atoms with van der Waals surface area (Å²) in [6, 6.07) is 3.90. The lowest BCUT2D eigenvalue weighted by atomic mass is 10.2. The monoisotopic (exact) mass is 238 g/mol. The number of hydrogen-bond donors (Lipinski definition) is 1. The smallest absolute Gasteiger partial charge is 0.213 e. The van der Waals surface area contributed by atoms with E-state index in [-0.39, 0.29) is 0 Å². The van der Waals surface area contributed by atoms with Crippen LogP contribution in [0.5, 0.6) is 5.88 Å². The van der Waals surface area contributed by atoms with Crippen LogP contribution in [0.25, 0.3) is 0 Å². The molecule has 96 valence electrons. The van der Waals surface area contributed by atoms with E-state index in [1.807, 2.05) is 12.1 Å². The Morgan fingerprint density at radius 2 is 2.00 bits per heavy atom. The second kappa shape index (κ2) is 8.03. The minimum Gasteiger partial charge on any atom is -0.475 e. The molecule has 0 spiro atoms. The highest BCUT2D eigenvalue weighted by molar-refractivity contribution is 5.25. The third-order valence-electron chi connectivity index (χ3n) is 2.34. The fourth-order valence-electron chi connectivity index (χ4n) is 1.44. The summed E-state index contributed by atoms with van der Waals surface area (Å²) in [5.41, 5.74) is 7.70. The summed E-state index contributed by atoms with van der Waals surface area (Å²) in [7, 11) is 0. The molecule has 0 saturated carbocycles. The predicted molar refractivity (Wildman–Crippen MR) is 68.1 cm³/mol. The molecule has 1 heterocycles. The predicted octanol–water partition coefficient (Wildman–Crippen LogP) is 1.91. The van der Waals surface area contributed by atoms with Gasteiger partial charge < -0.3 is 15.2 Å². The van der Waals surface area contributed by atoms with Crippen LogP contribution in [-0.4, -0.2) is 24.8 Å². The summed E-state index contributed by atoms with van der Waals surface area (Å²) < 4.78 is 10.9. The number of nitrogens with zero attached hydrogens (tertiary/aromatic N) is 1. The SMILES string of the molecule is CCCOCCOc1cc(CN)cc(CC)n1. The van der Waals surface area contributed by atoms with E-state index >= 15 is 0 Å². The molecule has 0 fully saturated rings. The van der Waals surface area contributed by atoms with Crippen molar-refractivity contribution in [1.29, 1.82) is 0 Å². The molecular weight excluding hydrogens is 216 g/mol. The lowest BCUT2D eigenvalue weighted by Crippen LogP contribution is -2.09. The molecule has 0 atom stereocenters. The van der Waals surface area contributed by atoms with Gasteiger partial charge in [-0.05, 0) is 24.5 Å². The van der Waals surface area contributed by atoms with E-state index in [9.17, 15) is 0 Å². The standard InChI is InChI=1S/C13H22N2O2/c1-3-5-16-6-7-17-13-9-11(10-14)8-12(4-2)15-13/h8-9H,3-7,10,14H2,1-2H3. The maximum atomic E-state index is 5.63. The van der Waals surface area contributed by atoms with Crippen molar-refractivity contribution in [3.8, 4) is 5.88 Å². The molecule has 1 aromatic heterocycles. The van der Waals surface area contributed by atoms with Crippen molar-refractivity contribution < 1.29 is 9.47 Å². The first-order valence-corrected chi connectivity index (χ1v) is 6.20. The Kier molecular flexibility index (Phi) is 6.58. The van der Waals surface area contributed by atoms with Crippen LogP contribution in [0.15, 0.2) is 12.1 Å². The lowest BCUT2D eigenvalue weighted by molar-refractivity contribution is 0.0989. The van der Waals surface area contributed by atoms with E-state index in [0.717, 1.165) is 30.7 Å². The Bertz CT molecular complexity index is 307. The van der Waals surface area contributed by atoms with Crippen molar-refractivity contribution in [3.63, 3.8) is 0 Å². The highest BCUT2D eigenvalue weighted by Gasteiger charge is 2.01. The molecule has 17 heavy (non-hydrogen) atoms. The van der Waals surface area contributed by atoms with Gasteiger partial charge in [0.15, 0.2) is 0 Å². The number of aryl methyl sites for hydroxylation is 1. The zero-order chi connectivity index (χ0) is 12.5. The molecule has 4 heteroatoms. The first kappa shape index (κ1) is 13.9. The lowest BCUT2D eigenvalue weighted by Gasteiger charge is -2.09. The third-order valence-corrected chi connectivity index (χ3v) is 2.34. The average Bonchev–Trinajstić information content (AvgIpc) is 2.38. The van der Waals surface area contributed by atoms with Crippen molar-refractivity contribution in [1.82, 2.24) is 4.98 Å². The van der Waals surface area contributed by atoms with Crippen LogP contribution in [0.4, 0.5) is 0 Å². The van der Waals surface area contributed by atoms with Crippen molar-refractivity contribution in [3.05, 3.63) is 23.4 Å². The Morgan fingerprint density at radius 1 is 1.18 bits per heavy atom. The quantitative estimate of drug-likeness (QED) is 0.703. The molecule has 0 aliphatic carbocycles. The summed E-state index contributed by atoms with van der Waals surface area (Å²) in [6.07, 6.45) is 1.91. The summed E-state index contributed by atoms with van der Waals surface area (Å²) >= 11 is 0. The van der Waals surface area contributed by atoms with Crippen molar-refractivity contribution in [2.45, 2.75) is 33.2 Å². The van der Waals surface area contributed by atoms with Crippen LogP contribution in [0, 0.1) is 0 Å². The fourth-order valence-corrected chi connectivity index (χ4v) is 1.44.